The van der Waals surface area contributed by atoms with Crippen molar-refractivity contribution in [2.75, 3.05) is 32.7 Å². The third-order valence-electron chi connectivity index (χ3n) is 6.51. The average Bonchev–Trinajstić information content (AvgIpc) is 3.19. The number of fused-ring (bicyclic) bond motifs is 1. The molecule has 2 N–H and O–H groups in total. The van der Waals surface area contributed by atoms with Crippen molar-refractivity contribution in [3.8, 4) is 0 Å². The van der Waals surface area contributed by atoms with Gasteiger partial charge in [0.25, 0.3) is 5.91 Å². The Hall–Kier alpha value is -2.34. The summed E-state index contributed by atoms with van der Waals surface area (Å²) in [5, 5.41) is 4.87. The molecule has 5 nitrogen and oxygen atoms in total. The maximum Gasteiger partial charge on any atom is 0.251 e. The summed E-state index contributed by atoms with van der Waals surface area (Å²) in [6.07, 6.45) is 3.71. The Balaban J connectivity index is 1.38. The van der Waals surface area contributed by atoms with Crippen LogP contribution in [0.4, 0.5) is 0 Å². The number of aromatic amines is 1. The molecule has 1 atom stereocenters. The van der Waals surface area contributed by atoms with Crippen molar-refractivity contribution in [3.05, 3.63) is 70.9 Å². The molecule has 0 bridgehead atoms. The van der Waals surface area contributed by atoms with Gasteiger partial charge in [0.1, 0.15) is 0 Å². The molecule has 32 heavy (non-hydrogen) atoms. The SMILES string of the molecule is CC(C)N1CCN(CCCC(NC(=O)c2ccc3c(Cl)c[nH]c3c2)c2ccccc2)CC1. The van der Waals surface area contributed by atoms with Gasteiger partial charge in [-0.3, -0.25) is 9.69 Å². The average molecular weight is 453 g/mol. The van der Waals surface area contributed by atoms with Crippen LogP contribution in [0.2, 0.25) is 5.02 Å². The third kappa shape index (κ3) is 5.52. The Morgan fingerprint density at radius 2 is 1.84 bits per heavy atom. The number of nitrogens with one attached hydrogen (secondary N) is 2. The zero-order chi connectivity index (χ0) is 22.5. The lowest BCUT2D eigenvalue weighted by Crippen LogP contribution is -2.49. The van der Waals surface area contributed by atoms with Crippen LogP contribution >= 0.6 is 11.6 Å². The molecule has 3 aromatic rings. The van der Waals surface area contributed by atoms with E-state index in [1.165, 1.54) is 0 Å². The number of carbonyl (C=O) groups excluding carboxylic acids is 1. The second kappa shape index (κ2) is 10.5. The lowest BCUT2D eigenvalue weighted by Gasteiger charge is -2.37. The van der Waals surface area contributed by atoms with Gasteiger partial charge in [0.15, 0.2) is 0 Å². The molecule has 1 saturated heterocycles. The summed E-state index contributed by atoms with van der Waals surface area (Å²) in [6.45, 7) is 10.1. The zero-order valence-electron chi connectivity index (χ0n) is 19.0. The third-order valence-corrected chi connectivity index (χ3v) is 6.82. The molecule has 1 amide bonds. The topological polar surface area (TPSA) is 51.4 Å². The molecule has 1 aliphatic rings. The number of nitrogens with zero attached hydrogens (tertiary/aromatic N) is 2. The molecule has 0 saturated carbocycles. The van der Waals surface area contributed by atoms with Crippen molar-refractivity contribution in [1.29, 1.82) is 0 Å². The van der Waals surface area contributed by atoms with Gasteiger partial charge in [-0.15, -0.1) is 0 Å². The van der Waals surface area contributed by atoms with Gasteiger partial charge < -0.3 is 15.2 Å². The number of piperazine rings is 1. The monoisotopic (exact) mass is 452 g/mol. The van der Waals surface area contributed by atoms with Gasteiger partial charge >= 0.3 is 0 Å². The maximum atomic E-state index is 13.1. The van der Waals surface area contributed by atoms with Gasteiger partial charge in [-0.25, -0.2) is 0 Å². The summed E-state index contributed by atoms with van der Waals surface area (Å²) >= 11 is 6.18. The van der Waals surface area contributed by atoms with Crippen LogP contribution in [-0.2, 0) is 0 Å². The molecule has 170 valence electrons. The second-order valence-corrected chi connectivity index (χ2v) is 9.35. The molecule has 0 aliphatic carbocycles. The molecular weight excluding hydrogens is 420 g/mol. The van der Waals surface area contributed by atoms with Crippen LogP contribution in [0, 0.1) is 0 Å². The zero-order valence-corrected chi connectivity index (χ0v) is 19.7. The van der Waals surface area contributed by atoms with Crippen molar-refractivity contribution in [3.63, 3.8) is 0 Å². The summed E-state index contributed by atoms with van der Waals surface area (Å²) in [5.74, 6) is -0.0583. The van der Waals surface area contributed by atoms with Gasteiger partial charge in [0, 0.05) is 54.9 Å². The molecule has 1 aromatic heterocycles. The Morgan fingerprint density at radius 3 is 2.56 bits per heavy atom. The van der Waals surface area contributed by atoms with Crippen LogP contribution in [0.1, 0.15) is 48.7 Å². The fourth-order valence-corrected chi connectivity index (χ4v) is 4.72. The predicted octanol–water partition coefficient (Wildman–Crippen LogP) is 5.10. The lowest BCUT2D eigenvalue weighted by atomic mass is 10.0. The number of rotatable bonds is 8. The first-order valence-corrected chi connectivity index (χ1v) is 12.0. The summed E-state index contributed by atoms with van der Waals surface area (Å²) < 4.78 is 0. The highest BCUT2D eigenvalue weighted by Gasteiger charge is 2.20. The van der Waals surface area contributed by atoms with E-state index in [1.54, 1.807) is 6.20 Å². The minimum Gasteiger partial charge on any atom is -0.360 e. The normalized spacial score (nSPS) is 16.5. The number of hydrogen-bond donors (Lipinski definition) is 2. The minimum atomic E-state index is -0.0583. The minimum absolute atomic E-state index is 0.0106. The number of benzene rings is 2. The number of aromatic nitrogens is 1. The van der Waals surface area contributed by atoms with E-state index in [0.29, 0.717) is 16.6 Å². The number of carbonyl (C=O) groups is 1. The number of hydrogen-bond acceptors (Lipinski definition) is 3. The van der Waals surface area contributed by atoms with E-state index in [9.17, 15) is 4.79 Å². The quantitative estimate of drug-likeness (QED) is 0.500. The molecule has 2 aromatic carbocycles. The van der Waals surface area contributed by atoms with E-state index < -0.39 is 0 Å². The fourth-order valence-electron chi connectivity index (χ4n) is 4.50. The number of H-pyrrole nitrogens is 1. The summed E-state index contributed by atoms with van der Waals surface area (Å²) in [7, 11) is 0. The fraction of sp³-hybridized carbons (Fsp3) is 0.423. The molecule has 6 heteroatoms. The van der Waals surface area contributed by atoms with Crippen molar-refractivity contribution in [1.82, 2.24) is 20.1 Å². The van der Waals surface area contributed by atoms with Crippen LogP contribution < -0.4 is 5.32 Å². The molecule has 2 heterocycles. The summed E-state index contributed by atoms with van der Waals surface area (Å²) in [6, 6.07) is 16.5. The van der Waals surface area contributed by atoms with Crippen molar-refractivity contribution in [2.45, 2.75) is 38.8 Å². The van der Waals surface area contributed by atoms with Gasteiger partial charge in [-0.05, 0) is 50.9 Å². The van der Waals surface area contributed by atoms with Crippen LogP contribution in [0.5, 0.6) is 0 Å². The van der Waals surface area contributed by atoms with E-state index >= 15 is 0 Å². The molecule has 1 fully saturated rings. The highest BCUT2D eigenvalue weighted by Crippen LogP contribution is 2.25. The smallest absolute Gasteiger partial charge is 0.251 e. The lowest BCUT2D eigenvalue weighted by molar-refractivity contribution is 0.0927. The number of amides is 1. The number of halogens is 1. The van der Waals surface area contributed by atoms with Crippen LogP contribution in [0.25, 0.3) is 10.9 Å². The first-order chi connectivity index (χ1) is 15.5. The van der Waals surface area contributed by atoms with Crippen molar-refractivity contribution < 1.29 is 4.79 Å². The van der Waals surface area contributed by atoms with Crippen molar-refractivity contribution >= 4 is 28.4 Å². The highest BCUT2D eigenvalue weighted by atomic mass is 35.5. The first-order valence-electron chi connectivity index (χ1n) is 11.6. The van der Waals surface area contributed by atoms with Crippen molar-refractivity contribution in [2.24, 2.45) is 0 Å². The summed E-state index contributed by atoms with van der Waals surface area (Å²) in [5.41, 5.74) is 2.66. The second-order valence-electron chi connectivity index (χ2n) is 8.95. The van der Waals surface area contributed by atoms with E-state index in [1.807, 2.05) is 36.4 Å². The first kappa shape index (κ1) is 22.8. The molecule has 0 spiro atoms. The molecule has 1 aliphatic heterocycles. The molecule has 1 unspecified atom stereocenters. The van der Waals surface area contributed by atoms with E-state index in [4.69, 9.17) is 11.6 Å². The van der Waals surface area contributed by atoms with E-state index in [0.717, 1.165) is 62.0 Å². The Kier molecular flexibility index (Phi) is 7.51. The molecule has 0 radical (unpaired) electrons. The molecule has 4 rings (SSSR count). The van der Waals surface area contributed by atoms with Crippen LogP contribution in [0.3, 0.4) is 0 Å². The van der Waals surface area contributed by atoms with Gasteiger partial charge in [-0.2, -0.15) is 0 Å². The van der Waals surface area contributed by atoms with E-state index in [-0.39, 0.29) is 11.9 Å². The standard InChI is InChI=1S/C26H33ClN4O/c1-19(2)31-15-13-30(14-16-31)12-6-9-24(20-7-4-3-5-8-20)29-26(32)21-10-11-22-23(27)18-28-25(22)17-21/h3-5,7-8,10-11,17-19,24,28H,6,9,12-16H2,1-2H3,(H,29,32). The largest absolute Gasteiger partial charge is 0.360 e. The van der Waals surface area contributed by atoms with Gasteiger partial charge in [0.2, 0.25) is 0 Å². The Morgan fingerprint density at radius 1 is 1.09 bits per heavy atom. The van der Waals surface area contributed by atoms with Gasteiger partial charge in [-0.1, -0.05) is 48.0 Å². The van der Waals surface area contributed by atoms with Gasteiger partial charge in [0.05, 0.1) is 11.1 Å². The Labute approximate surface area is 195 Å². The summed E-state index contributed by atoms with van der Waals surface area (Å²) in [4.78, 5) is 21.3. The van der Waals surface area contributed by atoms with E-state index in [2.05, 4.69) is 46.1 Å². The van der Waals surface area contributed by atoms with Crippen LogP contribution in [-0.4, -0.2) is 59.5 Å². The van der Waals surface area contributed by atoms with Crippen LogP contribution in [0.15, 0.2) is 54.7 Å². The molecular formula is C26H33ClN4O. The Bertz CT molecular complexity index is 1020. The predicted molar refractivity (Wildman–Crippen MR) is 132 cm³/mol. The highest BCUT2D eigenvalue weighted by molar-refractivity contribution is 6.35. The maximum absolute atomic E-state index is 13.1.